The molecule has 90 valence electrons. The average Bonchev–Trinajstić information content (AvgIpc) is 2.35. The molecule has 1 aromatic carbocycles. The number of nitro groups is 1. The number of rotatable bonds is 5. The van der Waals surface area contributed by atoms with Crippen molar-refractivity contribution in [2.45, 2.75) is 0 Å². The normalized spacial score (nSPS) is 9.47. The van der Waals surface area contributed by atoms with Crippen LogP contribution in [0.15, 0.2) is 30.9 Å². The molecule has 0 aliphatic rings. The van der Waals surface area contributed by atoms with Crippen molar-refractivity contribution in [3.05, 3.63) is 46.5 Å². The molecule has 0 spiro atoms. The average molecular weight is 236 g/mol. The van der Waals surface area contributed by atoms with Gasteiger partial charge in [-0.2, -0.15) is 0 Å². The van der Waals surface area contributed by atoms with Crippen LogP contribution in [0.5, 0.6) is 0 Å². The number of anilines is 1. The summed E-state index contributed by atoms with van der Waals surface area (Å²) in [6.45, 7) is 3.90. The van der Waals surface area contributed by atoms with Gasteiger partial charge in [0.1, 0.15) is 5.69 Å². The summed E-state index contributed by atoms with van der Waals surface area (Å²) >= 11 is 0. The highest BCUT2D eigenvalue weighted by Gasteiger charge is 2.17. The second kappa shape index (κ2) is 5.64. The van der Waals surface area contributed by atoms with Gasteiger partial charge < -0.3 is 10.1 Å². The number of nitrogens with zero attached hydrogens (tertiary/aromatic N) is 1. The molecule has 0 radical (unpaired) electrons. The van der Waals surface area contributed by atoms with E-state index in [4.69, 9.17) is 0 Å². The highest BCUT2D eigenvalue weighted by Crippen LogP contribution is 2.25. The fourth-order valence-corrected chi connectivity index (χ4v) is 1.26. The Bertz CT molecular complexity index is 457. The summed E-state index contributed by atoms with van der Waals surface area (Å²) in [5, 5.41) is 13.7. The van der Waals surface area contributed by atoms with Gasteiger partial charge in [0.2, 0.25) is 0 Å². The van der Waals surface area contributed by atoms with Gasteiger partial charge in [0.05, 0.1) is 17.6 Å². The molecule has 0 saturated carbocycles. The Morgan fingerprint density at radius 1 is 1.65 bits per heavy atom. The molecule has 0 amide bonds. The van der Waals surface area contributed by atoms with Gasteiger partial charge in [0.15, 0.2) is 0 Å². The van der Waals surface area contributed by atoms with Gasteiger partial charge in [-0.1, -0.05) is 6.08 Å². The molecule has 0 unspecified atom stereocenters. The van der Waals surface area contributed by atoms with Crippen LogP contribution in [0.25, 0.3) is 0 Å². The van der Waals surface area contributed by atoms with E-state index in [0.29, 0.717) is 12.2 Å². The summed E-state index contributed by atoms with van der Waals surface area (Å²) in [5.41, 5.74) is 0.306. The van der Waals surface area contributed by atoms with Crippen molar-refractivity contribution in [3.8, 4) is 0 Å². The zero-order valence-electron chi connectivity index (χ0n) is 9.30. The van der Waals surface area contributed by atoms with Crippen molar-refractivity contribution in [1.82, 2.24) is 0 Å². The van der Waals surface area contributed by atoms with Gasteiger partial charge in [-0.05, 0) is 12.1 Å². The third-order valence-corrected chi connectivity index (χ3v) is 2.05. The van der Waals surface area contributed by atoms with E-state index in [1.807, 2.05) is 0 Å². The molecule has 6 nitrogen and oxygen atoms in total. The summed E-state index contributed by atoms with van der Waals surface area (Å²) in [4.78, 5) is 21.5. The first-order chi connectivity index (χ1) is 8.10. The van der Waals surface area contributed by atoms with Crippen molar-refractivity contribution in [2.24, 2.45) is 0 Å². The van der Waals surface area contributed by atoms with E-state index >= 15 is 0 Å². The molecular weight excluding hydrogens is 224 g/mol. The quantitative estimate of drug-likeness (QED) is 0.366. The van der Waals surface area contributed by atoms with Crippen LogP contribution in [0.4, 0.5) is 11.4 Å². The standard InChI is InChI=1S/C11H12N2O4/c1-3-6-12-9-5-4-8(11(14)17-2)7-10(9)13(15)16/h3-5,7,12H,1,6H2,2H3. The second-order valence-electron chi connectivity index (χ2n) is 3.15. The summed E-state index contributed by atoms with van der Waals surface area (Å²) in [7, 11) is 1.22. The first kappa shape index (κ1) is 12.7. The first-order valence-corrected chi connectivity index (χ1v) is 4.81. The van der Waals surface area contributed by atoms with Gasteiger partial charge in [0.25, 0.3) is 5.69 Å². The maximum absolute atomic E-state index is 11.2. The van der Waals surface area contributed by atoms with Crippen LogP contribution in [0.1, 0.15) is 10.4 Å². The van der Waals surface area contributed by atoms with Gasteiger partial charge in [-0.25, -0.2) is 4.79 Å². The maximum atomic E-state index is 11.2. The highest BCUT2D eigenvalue weighted by molar-refractivity contribution is 5.91. The number of hydrogen-bond acceptors (Lipinski definition) is 5. The number of nitrogens with one attached hydrogen (secondary N) is 1. The molecular formula is C11H12N2O4. The predicted molar refractivity (Wildman–Crippen MR) is 63.1 cm³/mol. The SMILES string of the molecule is C=CCNc1ccc(C(=O)OC)cc1[N+](=O)[O-]. The van der Waals surface area contributed by atoms with E-state index in [0.717, 1.165) is 0 Å². The molecule has 1 aromatic rings. The maximum Gasteiger partial charge on any atom is 0.338 e. The predicted octanol–water partition coefficient (Wildman–Crippen LogP) is 1.98. The number of nitro benzene ring substituents is 1. The van der Waals surface area contributed by atoms with Crippen LogP contribution in [-0.4, -0.2) is 24.5 Å². The Morgan fingerprint density at radius 3 is 2.88 bits per heavy atom. The van der Waals surface area contributed by atoms with E-state index in [1.165, 1.54) is 25.3 Å². The number of hydrogen-bond donors (Lipinski definition) is 1. The number of methoxy groups -OCH3 is 1. The number of ether oxygens (including phenoxy) is 1. The summed E-state index contributed by atoms with van der Waals surface area (Å²) in [5.74, 6) is -0.608. The number of carbonyl (C=O) groups is 1. The minimum absolute atomic E-state index is 0.142. The highest BCUT2D eigenvalue weighted by atomic mass is 16.6. The molecule has 0 fully saturated rings. The fraction of sp³-hybridized carbons (Fsp3) is 0.182. The van der Waals surface area contributed by atoms with E-state index in [9.17, 15) is 14.9 Å². The summed E-state index contributed by atoms with van der Waals surface area (Å²) < 4.78 is 4.49. The Morgan fingerprint density at radius 2 is 2.35 bits per heavy atom. The fourth-order valence-electron chi connectivity index (χ4n) is 1.26. The van der Waals surface area contributed by atoms with Gasteiger partial charge >= 0.3 is 5.97 Å². The van der Waals surface area contributed by atoms with Crippen LogP contribution < -0.4 is 5.32 Å². The van der Waals surface area contributed by atoms with E-state index in [-0.39, 0.29) is 11.3 Å². The van der Waals surface area contributed by atoms with E-state index < -0.39 is 10.9 Å². The lowest BCUT2D eigenvalue weighted by molar-refractivity contribution is -0.384. The largest absolute Gasteiger partial charge is 0.465 e. The lowest BCUT2D eigenvalue weighted by Crippen LogP contribution is -2.05. The van der Waals surface area contributed by atoms with Crippen molar-refractivity contribution in [3.63, 3.8) is 0 Å². The molecule has 6 heteroatoms. The summed E-state index contributed by atoms with van der Waals surface area (Å²) in [6, 6.07) is 4.11. The van der Waals surface area contributed by atoms with Crippen LogP contribution in [-0.2, 0) is 4.74 Å². The Hall–Kier alpha value is -2.37. The number of esters is 1. The van der Waals surface area contributed by atoms with Crippen molar-refractivity contribution < 1.29 is 14.5 Å². The molecule has 17 heavy (non-hydrogen) atoms. The first-order valence-electron chi connectivity index (χ1n) is 4.81. The zero-order valence-corrected chi connectivity index (χ0v) is 9.30. The van der Waals surface area contributed by atoms with Crippen molar-refractivity contribution in [1.29, 1.82) is 0 Å². The Labute approximate surface area is 98.0 Å². The number of carbonyl (C=O) groups excluding carboxylic acids is 1. The Balaban J connectivity index is 3.12. The third-order valence-electron chi connectivity index (χ3n) is 2.05. The van der Waals surface area contributed by atoms with Crippen LogP contribution >= 0.6 is 0 Å². The van der Waals surface area contributed by atoms with Gasteiger partial charge in [-0.15, -0.1) is 6.58 Å². The van der Waals surface area contributed by atoms with Crippen molar-refractivity contribution in [2.75, 3.05) is 19.0 Å². The van der Waals surface area contributed by atoms with Gasteiger partial charge in [-0.3, -0.25) is 10.1 Å². The summed E-state index contributed by atoms with van der Waals surface area (Å²) in [6.07, 6.45) is 1.58. The molecule has 0 saturated heterocycles. The van der Waals surface area contributed by atoms with Crippen LogP contribution in [0.3, 0.4) is 0 Å². The zero-order chi connectivity index (χ0) is 12.8. The Kier molecular flexibility index (Phi) is 4.21. The van der Waals surface area contributed by atoms with E-state index in [2.05, 4.69) is 16.6 Å². The second-order valence-corrected chi connectivity index (χ2v) is 3.15. The number of benzene rings is 1. The lowest BCUT2D eigenvalue weighted by atomic mass is 10.1. The molecule has 0 aliphatic heterocycles. The van der Waals surface area contributed by atoms with Gasteiger partial charge in [0, 0.05) is 12.6 Å². The molecule has 0 atom stereocenters. The molecule has 0 aliphatic carbocycles. The molecule has 0 bridgehead atoms. The van der Waals surface area contributed by atoms with Crippen molar-refractivity contribution >= 4 is 17.3 Å². The lowest BCUT2D eigenvalue weighted by Gasteiger charge is -2.06. The molecule has 0 heterocycles. The monoisotopic (exact) mass is 236 g/mol. The van der Waals surface area contributed by atoms with E-state index in [1.54, 1.807) is 6.08 Å². The van der Waals surface area contributed by atoms with Crippen LogP contribution in [0, 0.1) is 10.1 Å². The third kappa shape index (κ3) is 3.04. The topological polar surface area (TPSA) is 81.5 Å². The molecule has 0 aromatic heterocycles. The minimum Gasteiger partial charge on any atom is -0.465 e. The molecule has 1 rings (SSSR count). The van der Waals surface area contributed by atoms with Crippen LogP contribution in [0.2, 0.25) is 0 Å². The smallest absolute Gasteiger partial charge is 0.338 e. The molecule has 1 N–H and O–H groups in total. The minimum atomic E-state index is -0.608.